The van der Waals surface area contributed by atoms with Crippen LogP contribution in [0.4, 0.5) is 0 Å². The standard InChI is InChI=1S/C12H11BrO3/c1-2-3-4-7-16-11-8-9(12(14)15)5-6-10(11)13/h1,5-6,8H,3-4,7H2,(H,14,15). The summed E-state index contributed by atoms with van der Waals surface area (Å²) in [5, 5.41) is 8.81. The molecule has 0 atom stereocenters. The van der Waals surface area contributed by atoms with E-state index in [1.165, 1.54) is 12.1 Å². The van der Waals surface area contributed by atoms with Crippen molar-refractivity contribution in [3.05, 3.63) is 28.2 Å². The van der Waals surface area contributed by atoms with Crippen LogP contribution in [0.1, 0.15) is 23.2 Å². The number of aromatic carboxylic acids is 1. The summed E-state index contributed by atoms with van der Waals surface area (Å²) in [6.07, 6.45) is 6.51. The molecule has 16 heavy (non-hydrogen) atoms. The summed E-state index contributed by atoms with van der Waals surface area (Å²) in [5.74, 6) is 2.07. The highest BCUT2D eigenvalue weighted by molar-refractivity contribution is 9.10. The Bertz CT molecular complexity index is 421. The van der Waals surface area contributed by atoms with Gasteiger partial charge in [-0.15, -0.1) is 12.3 Å². The second-order valence-electron chi connectivity index (χ2n) is 3.11. The Labute approximate surface area is 103 Å². The van der Waals surface area contributed by atoms with Gasteiger partial charge in [0.1, 0.15) is 5.75 Å². The lowest BCUT2D eigenvalue weighted by molar-refractivity contribution is 0.0696. The van der Waals surface area contributed by atoms with Crippen LogP contribution < -0.4 is 4.74 Å². The highest BCUT2D eigenvalue weighted by atomic mass is 79.9. The number of halogens is 1. The van der Waals surface area contributed by atoms with E-state index in [-0.39, 0.29) is 5.56 Å². The van der Waals surface area contributed by atoms with E-state index in [4.69, 9.17) is 16.3 Å². The molecule has 4 heteroatoms. The van der Waals surface area contributed by atoms with Gasteiger partial charge in [0.25, 0.3) is 0 Å². The minimum Gasteiger partial charge on any atom is -0.492 e. The van der Waals surface area contributed by atoms with E-state index < -0.39 is 5.97 Å². The van der Waals surface area contributed by atoms with Crippen LogP contribution in [-0.2, 0) is 0 Å². The number of carbonyl (C=O) groups is 1. The average Bonchev–Trinajstić information content (AvgIpc) is 2.26. The number of ether oxygens (including phenoxy) is 1. The number of carboxylic acids is 1. The molecule has 1 aromatic rings. The Morgan fingerprint density at radius 1 is 1.56 bits per heavy atom. The van der Waals surface area contributed by atoms with Gasteiger partial charge in [0.05, 0.1) is 16.6 Å². The number of hydrogen-bond donors (Lipinski definition) is 1. The largest absolute Gasteiger partial charge is 0.492 e. The monoisotopic (exact) mass is 282 g/mol. The lowest BCUT2D eigenvalue weighted by Crippen LogP contribution is -2.01. The summed E-state index contributed by atoms with van der Waals surface area (Å²) < 4.78 is 6.16. The molecule has 0 unspecified atom stereocenters. The van der Waals surface area contributed by atoms with Gasteiger partial charge in [0.15, 0.2) is 0 Å². The van der Waals surface area contributed by atoms with Crippen LogP contribution in [0, 0.1) is 12.3 Å². The second kappa shape index (κ2) is 6.19. The molecule has 0 aliphatic rings. The third-order valence-corrected chi connectivity index (χ3v) is 2.56. The fraction of sp³-hybridized carbons (Fsp3) is 0.250. The van der Waals surface area contributed by atoms with Crippen molar-refractivity contribution in [3.8, 4) is 18.1 Å². The predicted octanol–water partition coefficient (Wildman–Crippen LogP) is 2.94. The van der Waals surface area contributed by atoms with E-state index >= 15 is 0 Å². The van der Waals surface area contributed by atoms with Crippen LogP contribution in [-0.4, -0.2) is 17.7 Å². The van der Waals surface area contributed by atoms with Gasteiger partial charge in [-0.05, 0) is 40.5 Å². The highest BCUT2D eigenvalue weighted by Gasteiger charge is 2.07. The van der Waals surface area contributed by atoms with E-state index in [1.54, 1.807) is 6.07 Å². The Morgan fingerprint density at radius 3 is 2.94 bits per heavy atom. The minimum atomic E-state index is -0.971. The molecular formula is C12H11BrO3. The maximum Gasteiger partial charge on any atom is 0.335 e. The van der Waals surface area contributed by atoms with Crippen LogP contribution in [0.15, 0.2) is 22.7 Å². The smallest absolute Gasteiger partial charge is 0.335 e. The summed E-state index contributed by atoms with van der Waals surface area (Å²) in [5.41, 5.74) is 0.204. The van der Waals surface area contributed by atoms with Gasteiger partial charge in [-0.2, -0.15) is 0 Å². The maximum absolute atomic E-state index is 10.7. The third kappa shape index (κ3) is 3.59. The zero-order valence-electron chi connectivity index (χ0n) is 8.57. The lowest BCUT2D eigenvalue weighted by Gasteiger charge is -2.07. The summed E-state index contributed by atoms with van der Waals surface area (Å²) in [6.45, 7) is 0.478. The molecule has 0 bridgehead atoms. The van der Waals surface area contributed by atoms with E-state index in [2.05, 4.69) is 21.9 Å². The molecular weight excluding hydrogens is 272 g/mol. The van der Waals surface area contributed by atoms with Crippen LogP contribution in [0.2, 0.25) is 0 Å². The number of hydrogen-bond acceptors (Lipinski definition) is 2. The average molecular weight is 283 g/mol. The quantitative estimate of drug-likeness (QED) is 0.667. The predicted molar refractivity (Wildman–Crippen MR) is 64.7 cm³/mol. The number of rotatable bonds is 5. The van der Waals surface area contributed by atoms with Crippen LogP contribution in [0.3, 0.4) is 0 Å². The Kier molecular flexibility index (Phi) is 4.87. The third-order valence-electron chi connectivity index (χ3n) is 1.90. The Balaban J connectivity index is 2.67. The first kappa shape index (κ1) is 12.6. The first-order chi connectivity index (χ1) is 7.65. The normalized spacial score (nSPS) is 9.50. The zero-order valence-corrected chi connectivity index (χ0v) is 10.2. The summed E-state index contributed by atoms with van der Waals surface area (Å²) in [6, 6.07) is 4.66. The number of terminal acetylenes is 1. The van der Waals surface area contributed by atoms with E-state index in [0.717, 1.165) is 10.9 Å². The second-order valence-corrected chi connectivity index (χ2v) is 3.96. The Morgan fingerprint density at radius 2 is 2.31 bits per heavy atom. The van der Waals surface area contributed by atoms with Crippen LogP contribution >= 0.6 is 15.9 Å². The van der Waals surface area contributed by atoms with E-state index in [1.807, 2.05) is 0 Å². The molecule has 0 spiro atoms. The molecule has 0 heterocycles. The summed E-state index contributed by atoms with van der Waals surface area (Å²) in [4.78, 5) is 10.7. The number of benzene rings is 1. The number of carboxylic acid groups (broad SMARTS) is 1. The zero-order chi connectivity index (χ0) is 12.0. The number of unbranched alkanes of at least 4 members (excludes halogenated alkanes) is 1. The molecule has 0 aromatic heterocycles. The van der Waals surface area contributed by atoms with E-state index in [9.17, 15) is 4.79 Å². The maximum atomic E-state index is 10.7. The van der Waals surface area contributed by atoms with Gasteiger partial charge in [0.2, 0.25) is 0 Å². The first-order valence-corrected chi connectivity index (χ1v) is 5.53. The van der Waals surface area contributed by atoms with Crippen molar-refractivity contribution >= 4 is 21.9 Å². The van der Waals surface area contributed by atoms with Crippen molar-refractivity contribution in [2.45, 2.75) is 12.8 Å². The molecule has 0 aliphatic carbocycles. The van der Waals surface area contributed by atoms with Crippen LogP contribution in [0.5, 0.6) is 5.75 Å². The van der Waals surface area contributed by atoms with Gasteiger partial charge >= 0.3 is 5.97 Å². The first-order valence-electron chi connectivity index (χ1n) is 4.74. The van der Waals surface area contributed by atoms with Crippen molar-refractivity contribution in [1.82, 2.24) is 0 Å². The minimum absolute atomic E-state index is 0.204. The van der Waals surface area contributed by atoms with Gasteiger partial charge < -0.3 is 9.84 Å². The molecule has 0 saturated carbocycles. The molecule has 84 valence electrons. The lowest BCUT2D eigenvalue weighted by atomic mass is 10.2. The molecule has 0 fully saturated rings. The molecule has 0 saturated heterocycles. The molecule has 1 aromatic carbocycles. The SMILES string of the molecule is C#CCCCOc1cc(C(=O)O)ccc1Br. The van der Waals surface area contributed by atoms with Crippen molar-refractivity contribution in [2.24, 2.45) is 0 Å². The fourth-order valence-electron chi connectivity index (χ4n) is 1.10. The van der Waals surface area contributed by atoms with Gasteiger partial charge in [-0.1, -0.05) is 0 Å². The molecule has 0 amide bonds. The fourth-order valence-corrected chi connectivity index (χ4v) is 1.46. The van der Waals surface area contributed by atoms with Crippen molar-refractivity contribution in [1.29, 1.82) is 0 Å². The van der Waals surface area contributed by atoms with Gasteiger partial charge in [-0.3, -0.25) is 0 Å². The topological polar surface area (TPSA) is 46.5 Å². The van der Waals surface area contributed by atoms with Crippen molar-refractivity contribution in [2.75, 3.05) is 6.61 Å². The van der Waals surface area contributed by atoms with Gasteiger partial charge in [-0.25, -0.2) is 4.79 Å². The summed E-state index contributed by atoms with van der Waals surface area (Å²) >= 11 is 3.29. The van der Waals surface area contributed by atoms with Crippen molar-refractivity contribution in [3.63, 3.8) is 0 Å². The van der Waals surface area contributed by atoms with E-state index in [0.29, 0.717) is 18.8 Å². The highest BCUT2D eigenvalue weighted by Crippen LogP contribution is 2.26. The summed E-state index contributed by atoms with van der Waals surface area (Å²) in [7, 11) is 0. The molecule has 3 nitrogen and oxygen atoms in total. The van der Waals surface area contributed by atoms with Crippen LogP contribution in [0.25, 0.3) is 0 Å². The molecule has 0 aliphatic heterocycles. The Hall–Kier alpha value is -1.47. The van der Waals surface area contributed by atoms with Gasteiger partial charge in [0, 0.05) is 6.42 Å². The van der Waals surface area contributed by atoms with Crippen molar-refractivity contribution < 1.29 is 14.6 Å². The molecule has 0 radical (unpaired) electrons. The molecule has 1 N–H and O–H groups in total. The molecule has 1 rings (SSSR count).